The summed E-state index contributed by atoms with van der Waals surface area (Å²) in [5.41, 5.74) is 0. The summed E-state index contributed by atoms with van der Waals surface area (Å²) < 4.78 is 10.8. The topological polar surface area (TPSA) is 30.5 Å². The van der Waals surface area contributed by atoms with Crippen LogP contribution in [0.5, 0.6) is 5.75 Å². The van der Waals surface area contributed by atoms with Gasteiger partial charge in [-0.1, -0.05) is 0 Å². The Morgan fingerprint density at radius 3 is 2.61 bits per heavy atom. The molecule has 0 fully saturated rings. The van der Waals surface area contributed by atoms with Crippen LogP contribution in [0.4, 0.5) is 0 Å². The van der Waals surface area contributed by atoms with E-state index in [-0.39, 0.29) is 6.10 Å². The van der Waals surface area contributed by atoms with Crippen molar-refractivity contribution in [2.45, 2.75) is 24.3 Å². The molecule has 0 saturated heterocycles. The van der Waals surface area contributed by atoms with Crippen LogP contribution in [-0.4, -0.2) is 39.2 Å². The van der Waals surface area contributed by atoms with Crippen LogP contribution in [-0.2, 0) is 4.74 Å². The SMILES string of the molecule is COCCCNCC(C)Oc1ccc(SC)cc1. The lowest BCUT2D eigenvalue weighted by atomic mass is 10.3. The monoisotopic (exact) mass is 269 g/mol. The second-order valence-electron chi connectivity index (χ2n) is 4.15. The van der Waals surface area contributed by atoms with Crippen LogP contribution in [0, 0.1) is 0 Å². The van der Waals surface area contributed by atoms with Gasteiger partial charge in [-0.05, 0) is 50.4 Å². The second kappa shape index (κ2) is 9.25. The largest absolute Gasteiger partial charge is 0.489 e. The second-order valence-corrected chi connectivity index (χ2v) is 5.03. The van der Waals surface area contributed by atoms with E-state index in [1.165, 1.54) is 4.90 Å². The van der Waals surface area contributed by atoms with Gasteiger partial charge in [0.25, 0.3) is 0 Å². The summed E-state index contributed by atoms with van der Waals surface area (Å²) in [5.74, 6) is 0.930. The number of hydrogen-bond donors (Lipinski definition) is 1. The zero-order valence-corrected chi connectivity index (χ0v) is 12.3. The zero-order valence-electron chi connectivity index (χ0n) is 11.4. The van der Waals surface area contributed by atoms with E-state index in [1.807, 2.05) is 12.1 Å². The average Bonchev–Trinajstić information content (AvgIpc) is 2.39. The summed E-state index contributed by atoms with van der Waals surface area (Å²) in [5, 5.41) is 3.35. The molecule has 0 saturated carbocycles. The molecule has 0 aromatic heterocycles. The maximum atomic E-state index is 5.82. The van der Waals surface area contributed by atoms with E-state index in [4.69, 9.17) is 9.47 Å². The van der Waals surface area contributed by atoms with E-state index in [1.54, 1.807) is 18.9 Å². The molecule has 1 N–H and O–H groups in total. The minimum absolute atomic E-state index is 0.174. The van der Waals surface area contributed by atoms with Crippen molar-refractivity contribution in [2.24, 2.45) is 0 Å². The summed E-state index contributed by atoms with van der Waals surface area (Å²) in [6, 6.07) is 8.21. The summed E-state index contributed by atoms with van der Waals surface area (Å²) in [6.07, 6.45) is 3.28. The lowest BCUT2D eigenvalue weighted by Crippen LogP contribution is -2.30. The molecule has 0 amide bonds. The van der Waals surface area contributed by atoms with Crippen molar-refractivity contribution in [3.05, 3.63) is 24.3 Å². The van der Waals surface area contributed by atoms with Crippen LogP contribution >= 0.6 is 11.8 Å². The average molecular weight is 269 g/mol. The number of hydrogen-bond acceptors (Lipinski definition) is 4. The standard InChI is InChI=1S/C14H23NO2S/c1-12(11-15-9-4-10-16-2)17-13-5-7-14(18-3)8-6-13/h5-8,12,15H,4,9-11H2,1-3H3. The molecule has 1 aromatic rings. The molecular weight excluding hydrogens is 246 g/mol. The molecule has 3 nitrogen and oxygen atoms in total. The van der Waals surface area contributed by atoms with Gasteiger partial charge in [0.15, 0.2) is 0 Å². The molecular formula is C14H23NO2S. The molecule has 0 radical (unpaired) electrons. The quantitative estimate of drug-likeness (QED) is 0.551. The van der Waals surface area contributed by atoms with E-state index < -0.39 is 0 Å². The van der Waals surface area contributed by atoms with Gasteiger partial charge in [0, 0.05) is 25.2 Å². The van der Waals surface area contributed by atoms with Gasteiger partial charge in [0.1, 0.15) is 11.9 Å². The maximum absolute atomic E-state index is 5.82. The van der Waals surface area contributed by atoms with Crippen molar-refractivity contribution in [1.29, 1.82) is 0 Å². The summed E-state index contributed by atoms with van der Waals surface area (Å²) >= 11 is 1.74. The van der Waals surface area contributed by atoms with E-state index in [9.17, 15) is 0 Å². The van der Waals surface area contributed by atoms with Gasteiger partial charge >= 0.3 is 0 Å². The number of rotatable bonds is 9. The van der Waals surface area contributed by atoms with Crippen LogP contribution in [0.3, 0.4) is 0 Å². The normalized spacial score (nSPS) is 12.4. The molecule has 1 rings (SSSR count). The Hall–Kier alpha value is -0.710. The Morgan fingerprint density at radius 1 is 1.28 bits per heavy atom. The molecule has 102 valence electrons. The Kier molecular flexibility index (Phi) is 7.89. The fourth-order valence-electron chi connectivity index (χ4n) is 1.58. The van der Waals surface area contributed by atoms with Gasteiger partial charge in [0.05, 0.1) is 0 Å². The third-order valence-electron chi connectivity index (χ3n) is 2.53. The number of benzene rings is 1. The summed E-state index contributed by atoms with van der Waals surface area (Å²) in [6.45, 7) is 4.70. The van der Waals surface area contributed by atoms with E-state index in [0.717, 1.165) is 31.9 Å². The van der Waals surface area contributed by atoms with Crippen molar-refractivity contribution in [1.82, 2.24) is 5.32 Å². The highest BCUT2D eigenvalue weighted by atomic mass is 32.2. The number of ether oxygens (including phenoxy) is 2. The highest BCUT2D eigenvalue weighted by molar-refractivity contribution is 7.98. The molecule has 1 atom stereocenters. The minimum atomic E-state index is 0.174. The van der Waals surface area contributed by atoms with E-state index in [2.05, 4.69) is 30.6 Å². The molecule has 0 aliphatic heterocycles. The van der Waals surface area contributed by atoms with Crippen LogP contribution in [0.1, 0.15) is 13.3 Å². The van der Waals surface area contributed by atoms with Crippen molar-refractivity contribution in [3.8, 4) is 5.75 Å². The molecule has 0 aliphatic rings. The third kappa shape index (κ3) is 6.28. The maximum Gasteiger partial charge on any atom is 0.119 e. The van der Waals surface area contributed by atoms with Gasteiger partial charge in [0.2, 0.25) is 0 Å². The lowest BCUT2D eigenvalue weighted by Gasteiger charge is -2.15. The minimum Gasteiger partial charge on any atom is -0.489 e. The summed E-state index contributed by atoms with van der Waals surface area (Å²) in [7, 11) is 1.73. The highest BCUT2D eigenvalue weighted by Gasteiger charge is 2.03. The Balaban J connectivity index is 2.20. The number of methoxy groups -OCH3 is 1. The van der Waals surface area contributed by atoms with Crippen molar-refractivity contribution in [2.75, 3.05) is 33.1 Å². The fourth-order valence-corrected chi connectivity index (χ4v) is 1.98. The third-order valence-corrected chi connectivity index (χ3v) is 3.27. The first-order valence-electron chi connectivity index (χ1n) is 6.26. The molecule has 1 aromatic carbocycles. The first kappa shape index (κ1) is 15.3. The highest BCUT2D eigenvalue weighted by Crippen LogP contribution is 2.19. The van der Waals surface area contributed by atoms with Crippen LogP contribution in [0.2, 0.25) is 0 Å². The van der Waals surface area contributed by atoms with Gasteiger partial charge in [-0.3, -0.25) is 0 Å². The Bertz CT molecular complexity index is 316. The van der Waals surface area contributed by atoms with Crippen LogP contribution in [0.15, 0.2) is 29.2 Å². The fraction of sp³-hybridized carbons (Fsp3) is 0.571. The Morgan fingerprint density at radius 2 is 2.00 bits per heavy atom. The molecule has 4 heteroatoms. The Labute approximate surface area is 114 Å². The first-order valence-corrected chi connectivity index (χ1v) is 7.49. The molecule has 0 aliphatic carbocycles. The molecule has 1 unspecified atom stereocenters. The number of nitrogens with one attached hydrogen (secondary N) is 1. The van der Waals surface area contributed by atoms with E-state index in [0.29, 0.717) is 0 Å². The predicted octanol–water partition coefficient (Wildman–Crippen LogP) is 2.80. The van der Waals surface area contributed by atoms with Crippen molar-refractivity contribution < 1.29 is 9.47 Å². The van der Waals surface area contributed by atoms with Gasteiger partial charge < -0.3 is 14.8 Å². The predicted molar refractivity (Wildman–Crippen MR) is 77.7 cm³/mol. The van der Waals surface area contributed by atoms with Crippen LogP contribution < -0.4 is 10.1 Å². The molecule has 0 heterocycles. The number of thioether (sulfide) groups is 1. The first-order chi connectivity index (χ1) is 8.76. The van der Waals surface area contributed by atoms with Crippen molar-refractivity contribution >= 4 is 11.8 Å². The smallest absolute Gasteiger partial charge is 0.119 e. The van der Waals surface area contributed by atoms with Gasteiger partial charge in [-0.25, -0.2) is 0 Å². The lowest BCUT2D eigenvalue weighted by molar-refractivity contribution is 0.188. The van der Waals surface area contributed by atoms with Crippen molar-refractivity contribution in [3.63, 3.8) is 0 Å². The summed E-state index contributed by atoms with van der Waals surface area (Å²) in [4.78, 5) is 1.26. The van der Waals surface area contributed by atoms with Gasteiger partial charge in [-0.15, -0.1) is 11.8 Å². The molecule has 0 bridgehead atoms. The van der Waals surface area contributed by atoms with Crippen LogP contribution in [0.25, 0.3) is 0 Å². The zero-order chi connectivity index (χ0) is 13.2. The van der Waals surface area contributed by atoms with E-state index >= 15 is 0 Å². The molecule has 0 spiro atoms. The molecule has 18 heavy (non-hydrogen) atoms. The van der Waals surface area contributed by atoms with Gasteiger partial charge in [-0.2, -0.15) is 0 Å².